The molecule has 1 N–H and O–H groups in total. The number of ether oxygens (including phenoxy) is 1. The highest BCUT2D eigenvalue weighted by atomic mass is 16.5. The molecular weight excluding hydrogens is 338 g/mol. The third-order valence-corrected chi connectivity index (χ3v) is 4.44. The largest absolute Gasteiger partial charge is 0.494 e. The van der Waals surface area contributed by atoms with Gasteiger partial charge in [0.05, 0.1) is 18.0 Å². The van der Waals surface area contributed by atoms with Gasteiger partial charge in [-0.25, -0.2) is 4.68 Å². The lowest BCUT2D eigenvalue weighted by atomic mass is 10.1. The number of nitrogens with zero attached hydrogens (tertiary/aromatic N) is 2. The summed E-state index contributed by atoms with van der Waals surface area (Å²) in [5.74, 6) is 0.594. The van der Waals surface area contributed by atoms with E-state index in [4.69, 9.17) is 4.74 Å². The molecule has 0 aliphatic heterocycles. The maximum Gasteiger partial charge on any atom is 0.251 e. The lowest BCUT2D eigenvalue weighted by Crippen LogP contribution is -2.23. The number of hydrogen-bond donors (Lipinski definition) is 1. The van der Waals surface area contributed by atoms with E-state index in [1.165, 1.54) is 0 Å². The first-order valence-corrected chi connectivity index (χ1v) is 9.21. The van der Waals surface area contributed by atoms with E-state index in [0.29, 0.717) is 24.5 Å². The molecule has 0 atom stereocenters. The van der Waals surface area contributed by atoms with Gasteiger partial charge in [0.25, 0.3) is 5.91 Å². The molecule has 3 rings (SSSR count). The third kappa shape index (κ3) is 4.37. The van der Waals surface area contributed by atoms with Gasteiger partial charge >= 0.3 is 0 Å². The molecule has 1 amide bonds. The molecular formula is C22H25N3O2. The molecule has 2 aromatic carbocycles. The molecule has 5 nitrogen and oxygen atoms in total. The first-order chi connectivity index (χ1) is 13.1. The SMILES string of the molecule is CCCOc1cccc(C(=O)NCc2c(C)nn(-c3ccccc3)c2C)c1. The van der Waals surface area contributed by atoms with Crippen molar-refractivity contribution in [2.24, 2.45) is 0 Å². The van der Waals surface area contributed by atoms with Crippen molar-refractivity contribution in [3.8, 4) is 11.4 Å². The molecule has 1 heterocycles. The van der Waals surface area contributed by atoms with Crippen molar-refractivity contribution in [2.75, 3.05) is 6.61 Å². The van der Waals surface area contributed by atoms with Crippen LogP contribution in [0.15, 0.2) is 54.6 Å². The van der Waals surface area contributed by atoms with Gasteiger partial charge in [-0.1, -0.05) is 31.2 Å². The lowest BCUT2D eigenvalue weighted by Gasteiger charge is -2.09. The minimum absolute atomic E-state index is 0.122. The van der Waals surface area contributed by atoms with E-state index in [9.17, 15) is 4.79 Å². The predicted molar refractivity (Wildman–Crippen MR) is 106 cm³/mol. The van der Waals surface area contributed by atoms with Gasteiger partial charge in [0, 0.05) is 23.4 Å². The molecule has 3 aromatic rings. The van der Waals surface area contributed by atoms with Gasteiger partial charge < -0.3 is 10.1 Å². The molecule has 0 radical (unpaired) electrons. The zero-order valence-corrected chi connectivity index (χ0v) is 16.0. The van der Waals surface area contributed by atoms with Crippen molar-refractivity contribution in [1.82, 2.24) is 15.1 Å². The van der Waals surface area contributed by atoms with Crippen molar-refractivity contribution in [3.63, 3.8) is 0 Å². The van der Waals surface area contributed by atoms with Crippen LogP contribution in [-0.2, 0) is 6.54 Å². The first kappa shape index (κ1) is 18.7. The number of nitrogens with one attached hydrogen (secondary N) is 1. The third-order valence-electron chi connectivity index (χ3n) is 4.44. The van der Waals surface area contributed by atoms with Gasteiger partial charge in [-0.3, -0.25) is 4.79 Å². The highest BCUT2D eigenvalue weighted by Gasteiger charge is 2.14. The molecule has 0 saturated carbocycles. The molecule has 0 aliphatic rings. The minimum Gasteiger partial charge on any atom is -0.494 e. The topological polar surface area (TPSA) is 56.1 Å². The van der Waals surface area contributed by atoms with E-state index in [1.807, 2.05) is 61.0 Å². The molecule has 0 bridgehead atoms. The van der Waals surface area contributed by atoms with Gasteiger partial charge in [0.15, 0.2) is 0 Å². The molecule has 140 valence electrons. The van der Waals surface area contributed by atoms with Gasteiger partial charge in [0.1, 0.15) is 5.75 Å². The average molecular weight is 363 g/mol. The fourth-order valence-electron chi connectivity index (χ4n) is 2.97. The number of hydrogen-bond acceptors (Lipinski definition) is 3. The zero-order chi connectivity index (χ0) is 19.2. The number of benzene rings is 2. The van der Waals surface area contributed by atoms with E-state index in [0.717, 1.165) is 29.1 Å². The smallest absolute Gasteiger partial charge is 0.251 e. The molecule has 0 spiro atoms. The standard InChI is InChI=1S/C22H25N3O2/c1-4-13-27-20-12-8-9-18(14-20)22(26)23-15-21-16(2)24-25(17(21)3)19-10-6-5-7-11-19/h5-12,14H,4,13,15H2,1-3H3,(H,23,26). The van der Waals surface area contributed by atoms with E-state index < -0.39 is 0 Å². The number of carbonyl (C=O) groups excluding carboxylic acids is 1. The fourth-order valence-corrected chi connectivity index (χ4v) is 2.97. The highest BCUT2D eigenvalue weighted by molar-refractivity contribution is 5.94. The second-order valence-electron chi connectivity index (χ2n) is 6.46. The number of rotatable bonds is 7. The van der Waals surface area contributed by atoms with Gasteiger partial charge in [-0.15, -0.1) is 0 Å². The number of para-hydroxylation sites is 1. The summed E-state index contributed by atoms with van der Waals surface area (Å²) in [4.78, 5) is 12.5. The molecule has 0 saturated heterocycles. The van der Waals surface area contributed by atoms with Crippen LogP contribution in [0.2, 0.25) is 0 Å². The normalized spacial score (nSPS) is 10.6. The van der Waals surface area contributed by atoms with E-state index >= 15 is 0 Å². The minimum atomic E-state index is -0.122. The Morgan fingerprint density at radius 1 is 1.11 bits per heavy atom. The maximum atomic E-state index is 12.5. The van der Waals surface area contributed by atoms with Crippen LogP contribution < -0.4 is 10.1 Å². The van der Waals surface area contributed by atoms with Crippen molar-refractivity contribution in [2.45, 2.75) is 33.7 Å². The van der Waals surface area contributed by atoms with Gasteiger partial charge in [-0.2, -0.15) is 5.10 Å². The summed E-state index contributed by atoms with van der Waals surface area (Å²) in [7, 11) is 0. The van der Waals surface area contributed by atoms with Gasteiger partial charge in [0.2, 0.25) is 0 Å². The summed E-state index contributed by atoms with van der Waals surface area (Å²) in [5, 5.41) is 7.62. The lowest BCUT2D eigenvalue weighted by molar-refractivity contribution is 0.0950. The van der Waals surface area contributed by atoms with Crippen molar-refractivity contribution in [1.29, 1.82) is 0 Å². The first-order valence-electron chi connectivity index (χ1n) is 9.21. The van der Waals surface area contributed by atoms with Crippen LogP contribution in [0, 0.1) is 13.8 Å². The summed E-state index contributed by atoms with van der Waals surface area (Å²) in [5.41, 5.74) is 4.58. The van der Waals surface area contributed by atoms with Crippen molar-refractivity contribution < 1.29 is 9.53 Å². The Morgan fingerprint density at radius 2 is 1.89 bits per heavy atom. The predicted octanol–water partition coefficient (Wildman–Crippen LogP) is 4.21. The quantitative estimate of drug-likeness (QED) is 0.684. The Labute approximate surface area is 160 Å². The average Bonchev–Trinajstić information content (AvgIpc) is 2.99. The number of amides is 1. The monoisotopic (exact) mass is 363 g/mol. The molecule has 0 unspecified atom stereocenters. The second-order valence-corrected chi connectivity index (χ2v) is 6.46. The van der Waals surface area contributed by atoms with Crippen molar-refractivity contribution >= 4 is 5.91 Å². The van der Waals surface area contributed by atoms with Crippen LogP contribution in [0.3, 0.4) is 0 Å². The summed E-state index contributed by atoms with van der Waals surface area (Å²) >= 11 is 0. The molecule has 1 aromatic heterocycles. The van der Waals surface area contributed by atoms with Gasteiger partial charge in [-0.05, 0) is 50.6 Å². The summed E-state index contributed by atoms with van der Waals surface area (Å²) in [6, 6.07) is 17.3. The fraction of sp³-hybridized carbons (Fsp3) is 0.273. The van der Waals surface area contributed by atoms with E-state index in [1.54, 1.807) is 12.1 Å². The van der Waals surface area contributed by atoms with Crippen LogP contribution in [0.25, 0.3) is 5.69 Å². The Kier molecular flexibility index (Phi) is 5.91. The van der Waals surface area contributed by atoms with E-state index in [-0.39, 0.29) is 5.91 Å². The van der Waals surface area contributed by atoms with Crippen LogP contribution in [-0.4, -0.2) is 22.3 Å². The van der Waals surface area contributed by atoms with Crippen LogP contribution >= 0.6 is 0 Å². The Morgan fingerprint density at radius 3 is 2.63 bits per heavy atom. The molecule has 0 aliphatic carbocycles. The second kappa shape index (κ2) is 8.54. The summed E-state index contributed by atoms with van der Waals surface area (Å²) < 4.78 is 7.52. The summed E-state index contributed by atoms with van der Waals surface area (Å²) in [6.07, 6.45) is 0.931. The zero-order valence-electron chi connectivity index (χ0n) is 16.0. The number of aromatic nitrogens is 2. The van der Waals surface area contributed by atoms with Crippen LogP contribution in [0.4, 0.5) is 0 Å². The Bertz CT molecular complexity index is 917. The number of carbonyl (C=O) groups is 1. The van der Waals surface area contributed by atoms with E-state index in [2.05, 4.69) is 17.3 Å². The molecule has 0 fully saturated rings. The van der Waals surface area contributed by atoms with Crippen LogP contribution in [0.5, 0.6) is 5.75 Å². The Hall–Kier alpha value is -3.08. The summed E-state index contributed by atoms with van der Waals surface area (Å²) in [6.45, 7) is 7.11. The van der Waals surface area contributed by atoms with Crippen LogP contribution in [0.1, 0.15) is 40.7 Å². The molecule has 27 heavy (non-hydrogen) atoms. The van der Waals surface area contributed by atoms with Crippen molar-refractivity contribution in [3.05, 3.63) is 77.1 Å². The molecule has 5 heteroatoms. The number of aryl methyl sites for hydroxylation is 1. The maximum absolute atomic E-state index is 12.5. The highest BCUT2D eigenvalue weighted by Crippen LogP contribution is 2.18. The Balaban J connectivity index is 1.72.